The Balaban J connectivity index is 1.51. The van der Waals surface area contributed by atoms with E-state index in [1.807, 2.05) is 18.2 Å². The van der Waals surface area contributed by atoms with Crippen LogP contribution in [0.4, 0.5) is 9.52 Å². The van der Waals surface area contributed by atoms with Crippen molar-refractivity contribution in [3.63, 3.8) is 0 Å². The molecule has 0 spiro atoms. The molecule has 0 fully saturated rings. The first-order valence-electron chi connectivity index (χ1n) is 7.23. The third kappa shape index (κ3) is 4.87. The van der Waals surface area contributed by atoms with Gasteiger partial charge in [0.1, 0.15) is 5.82 Å². The van der Waals surface area contributed by atoms with Crippen molar-refractivity contribution in [2.24, 2.45) is 0 Å². The van der Waals surface area contributed by atoms with E-state index in [9.17, 15) is 9.18 Å². The zero-order chi connectivity index (χ0) is 16.8. The van der Waals surface area contributed by atoms with Gasteiger partial charge in [-0.3, -0.25) is 4.79 Å². The fourth-order valence-corrected chi connectivity index (χ4v) is 3.71. The minimum absolute atomic E-state index is 0.173. The summed E-state index contributed by atoms with van der Waals surface area (Å²) in [5.74, 6) is 0.291. The summed E-state index contributed by atoms with van der Waals surface area (Å²) in [4.78, 5) is 12.0. The molecule has 0 aliphatic heterocycles. The third-order valence-corrected chi connectivity index (χ3v) is 5.18. The van der Waals surface area contributed by atoms with E-state index >= 15 is 0 Å². The maximum atomic E-state index is 12.8. The lowest BCUT2D eigenvalue weighted by atomic mass is 10.1. The second-order valence-corrected chi connectivity index (χ2v) is 7.20. The Bertz CT molecular complexity index is 806. The highest BCUT2D eigenvalue weighted by Crippen LogP contribution is 2.28. The fraction of sp³-hybridized carbons (Fsp3) is 0.118. The Kier molecular flexibility index (Phi) is 5.55. The van der Waals surface area contributed by atoms with Gasteiger partial charge in [-0.1, -0.05) is 65.6 Å². The van der Waals surface area contributed by atoms with Crippen molar-refractivity contribution in [3.05, 3.63) is 71.5 Å². The van der Waals surface area contributed by atoms with Gasteiger partial charge in [0, 0.05) is 5.75 Å². The summed E-state index contributed by atoms with van der Waals surface area (Å²) >= 11 is 2.92. The van der Waals surface area contributed by atoms with Crippen LogP contribution in [0, 0.1) is 5.82 Å². The summed E-state index contributed by atoms with van der Waals surface area (Å²) in [6, 6.07) is 15.9. The number of hydrogen-bond acceptors (Lipinski definition) is 5. The van der Waals surface area contributed by atoms with E-state index in [4.69, 9.17) is 0 Å². The minimum Gasteiger partial charge on any atom is -0.300 e. The first-order chi connectivity index (χ1) is 11.7. The zero-order valence-electron chi connectivity index (χ0n) is 12.6. The van der Waals surface area contributed by atoms with Crippen LogP contribution in [0.25, 0.3) is 0 Å². The molecule has 0 atom stereocenters. The number of thioether (sulfide) groups is 1. The molecule has 0 unspecified atom stereocenters. The normalized spacial score (nSPS) is 10.5. The van der Waals surface area contributed by atoms with Crippen LogP contribution in [0.1, 0.15) is 11.1 Å². The summed E-state index contributed by atoms with van der Waals surface area (Å²) in [6.45, 7) is 0. The summed E-state index contributed by atoms with van der Waals surface area (Å²) in [6.07, 6.45) is 0.173. The molecule has 1 amide bonds. The number of halogens is 1. The van der Waals surface area contributed by atoms with Crippen LogP contribution in [-0.2, 0) is 17.0 Å². The van der Waals surface area contributed by atoms with E-state index in [2.05, 4.69) is 27.6 Å². The molecule has 0 bridgehead atoms. The molecule has 3 rings (SSSR count). The van der Waals surface area contributed by atoms with Crippen LogP contribution in [0.15, 0.2) is 58.9 Å². The smallest absolute Gasteiger partial charge is 0.230 e. The van der Waals surface area contributed by atoms with Crippen molar-refractivity contribution in [2.45, 2.75) is 16.5 Å². The number of hydrogen-bond donors (Lipinski definition) is 1. The Morgan fingerprint density at radius 2 is 1.79 bits per heavy atom. The minimum atomic E-state index is -0.316. The maximum Gasteiger partial charge on any atom is 0.230 e. The Morgan fingerprint density at radius 3 is 2.54 bits per heavy atom. The monoisotopic (exact) mass is 359 g/mol. The molecular weight excluding hydrogens is 345 g/mol. The lowest BCUT2D eigenvalue weighted by molar-refractivity contribution is -0.115. The van der Waals surface area contributed by atoms with Gasteiger partial charge >= 0.3 is 0 Å². The second-order valence-electron chi connectivity index (χ2n) is 5.00. The number of benzene rings is 2. The number of nitrogens with one attached hydrogen (secondary N) is 1. The first-order valence-corrected chi connectivity index (χ1v) is 9.04. The molecule has 3 aromatic rings. The van der Waals surface area contributed by atoms with Crippen molar-refractivity contribution in [3.8, 4) is 0 Å². The molecule has 2 aromatic carbocycles. The quantitative estimate of drug-likeness (QED) is 0.531. The number of carbonyl (C=O) groups is 1. The SMILES string of the molecule is O=C(Cc1ccc(F)cc1)Nc1nnc(SCc2ccccc2)s1. The molecule has 0 aliphatic rings. The highest BCUT2D eigenvalue weighted by atomic mass is 32.2. The van der Waals surface area contributed by atoms with Crippen LogP contribution in [-0.4, -0.2) is 16.1 Å². The summed E-state index contributed by atoms with van der Waals surface area (Å²) in [5, 5.41) is 11.2. The van der Waals surface area contributed by atoms with E-state index in [1.54, 1.807) is 23.9 Å². The largest absolute Gasteiger partial charge is 0.300 e. The van der Waals surface area contributed by atoms with Crippen molar-refractivity contribution >= 4 is 34.1 Å². The van der Waals surface area contributed by atoms with Crippen molar-refractivity contribution in [2.75, 3.05) is 5.32 Å². The van der Waals surface area contributed by atoms with Gasteiger partial charge in [0.2, 0.25) is 11.0 Å². The molecule has 1 heterocycles. The van der Waals surface area contributed by atoms with Gasteiger partial charge in [-0.2, -0.15) is 0 Å². The number of anilines is 1. The Hall–Kier alpha value is -2.25. The van der Waals surface area contributed by atoms with E-state index in [1.165, 1.54) is 29.0 Å². The molecule has 122 valence electrons. The summed E-state index contributed by atoms with van der Waals surface area (Å²) in [7, 11) is 0. The standard InChI is InChI=1S/C17H14FN3OS2/c18-14-8-6-12(7-9-14)10-15(22)19-16-20-21-17(24-16)23-11-13-4-2-1-3-5-13/h1-9H,10-11H2,(H,19,20,22). The molecular formula is C17H14FN3OS2. The predicted molar refractivity (Wildman–Crippen MR) is 94.6 cm³/mol. The summed E-state index contributed by atoms with van der Waals surface area (Å²) in [5.41, 5.74) is 1.96. The number of nitrogens with zero attached hydrogens (tertiary/aromatic N) is 2. The van der Waals surface area contributed by atoms with Crippen LogP contribution in [0.3, 0.4) is 0 Å². The van der Waals surface area contributed by atoms with Crippen LogP contribution in [0.2, 0.25) is 0 Å². The molecule has 1 N–H and O–H groups in total. The van der Waals surface area contributed by atoms with Crippen LogP contribution in [0.5, 0.6) is 0 Å². The average Bonchev–Trinajstić information content (AvgIpc) is 3.03. The topological polar surface area (TPSA) is 54.9 Å². The van der Waals surface area contributed by atoms with Crippen LogP contribution >= 0.6 is 23.1 Å². The van der Waals surface area contributed by atoms with Gasteiger partial charge in [0.25, 0.3) is 0 Å². The number of carbonyl (C=O) groups excluding carboxylic acids is 1. The highest BCUT2D eigenvalue weighted by molar-refractivity contribution is 8.00. The van der Waals surface area contributed by atoms with Crippen molar-refractivity contribution in [1.82, 2.24) is 10.2 Å². The number of aromatic nitrogens is 2. The fourth-order valence-electron chi connectivity index (χ4n) is 1.99. The zero-order valence-corrected chi connectivity index (χ0v) is 14.2. The lowest BCUT2D eigenvalue weighted by Crippen LogP contribution is -2.14. The molecule has 7 heteroatoms. The molecule has 0 saturated carbocycles. The molecule has 0 aliphatic carbocycles. The maximum absolute atomic E-state index is 12.8. The summed E-state index contributed by atoms with van der Waals surface area (Å²) < 4.78 is 13.7. The second kappa shape index (κ2) is 8.03. The molecule has 0 radical (unpaired) electrons. The van der Waals surface area contributed by atoms with Crippen LogP contribution < -0.4 is 5.32 Å². The van der Waals surface area contributed by atoms with Gasteiger partial charge < -0.3 is 5.32 Å². The highest BCUT2D eigenvalue weighted by Gasteiger charge is 2.09. The van der Waals surface area contributed by atoms with E-state index < -0.39 is 0 Å². The predicted octanol–water partition coefficient (Wildman–Crippen LogP) is 4.15. The van der Waals surface area contributed by atoms with Gasteiger partial charge in [0.15, 0.2) is 4.34 Å². The van der Waals surface area contributed by atoms with Gasteiger partial charge in [-0.15, -0.1) is 10.2 Å². The van der Waals surface area contributed by atoms with Crippen molar-refractivity contribution in [1.29, 1.82) is 0 Å². The van der Waals surface area contributed by atoms with E-state index in [0.29, 0.717) is 5.13 Å². The molecule has 1 aromatic heterocycles. The van der Waals surface area contributed by atoms with Crippen molar-refractivity contribution < 1.29 is 9.18 Å². The van der Waals surface area contributed by atoms with E-state index in [-0.39, 0.29) is 18.1 Å². The third-order valence-electron chi connectivity index (χ3n) is 3.14. The van der Waals surface area contributed by atoms with Gasteiger partial charge in [0.05, 0.1) is 6.42 Å². The van der Waals surface area contributed by atoms with E-state index in [0.717, 1.165) is 15.7 Å². The lowest BCUT2D eigenvalue weighted by Gasteiger charge is -2.01. The number of rotatable bonds is 6. The Morgan fingerprint density at radius 1 is 1.04 bits per heavy atom. The number of amides is 1. The first kappa shape index (κ1) is 16.6. The molecule has 4 nitrogen and oxygen atoms in total. The Labute approximate surface area is 147 Å². The van der Waals surface area contributed by atoms with Gasteiger partial charge in [-0.05, 0) is 23.3 Å². The average molecular weight is 359 g/mol. The molecule has 0 saturated heterocycles. The van der Waals surface area contributed by atoms with Gasteiger partial charge in [-0.25, -0.2) is 4.39 Å². The molecule has 24 heavy (non-hydrogen) atoms.